The molecule has 0 radical (unpaired) electrons. The van der Waals surface area contributed by atoms with E-state index < -0.39 is 42.5 Å². The highest BCUT2D eigenvalue weighted by atomic mass is 16.5. The van der Waals surface area contributed by atoms with Crippen molar-refractivity contribution in [1.29, 1.82) is 0 Å². The van der Waals surface area contributed by atoms with Crippen molar-refractivity contribution in [1.82, 2.24) is 15.0 Å². The molecule has 9 heteroatoms. The molecular formula is C15H27N3O6. The van der Waals surface area contributed by atoms with E-state index in [9.17, 15) is 20.4 Å². The van der Waals surface area contributed by atoms with Gasteiger partial charge < -0.3 is 30.3 Å². The van der Waals surface area contributed by atoms with Crippen LogP contribution in [0.1, 0.15) is 32.0 Å². The molecule has 9 nitrogen and oxygen atoms in total. The summed E-state index contributed by atoms with van der Waals surface area (Å²) in [5, 5.41) is 57.4. The Labute approximate surface area is 140 Å². The van der Waals surface area contributed by atoms with Gasteiger partial charge in [-0.1, -0.05) is 5.21 Å². The fourth-order valence-electron chi connectivity index (χ4n) is 3.24. The molecule has 1 aliphatic rings. The van der Waals surface area contributed by atoms with Crippen LogP contribution in [0, 0.1) is 5.92 Å². The first-order valence-electron chi connectivity index (χ1n) is 8.13. The van der Waals surface area contributed by atoms with Gasteiger partial charge in [0.2, 0.25) is 0 Å². The second-order valence-corrected chi connectivity index (χ2v) is 6.72. The van der Waals surface area contributed by atoms with Crippen LogP contribution in [0.2, 0.25) is 0 Å². The lowest BCUT2D eigenvalue weighted by molar-refractivity contribution is -0.151. The molecule has 2 heterocycles. The molecule has 0 aliphatic carbocycles. The molecule has 5 N–H and O–H groups in total. The van der Waals surface area contributed by atoms with Crippen molar-refractivity contribution in [2.75, 3.05) is 19.8 Å². The third-order valence-electron chi connectivity index (χ3n) is 4.67. The summed E-state index contributed by atoms with van der Waals surface area (Å²) in [6.45, 7) is 2.65. The molecule has 24 heavy (non-hydrogen) atoms. The summed E-state index contributed by atoms with van der Waals surface area (Å²) in [7, 11) is 0. The van der Waals surface area contributed by atoms with Crippen LogP contribution in [-0.4, -0.2) is 84.3 Å². The van der Waals surface area contributed by atoms with Crippen LogP contribution in [-0.2, 0) is 11.2 Å². The number of hydrogen-bond donors (Lipinski definition) is 5. The van der Waals surface area contributed by atoms with Crippen molar-refractivity contribution in [2.24, 2.45) is 5.92 Å². The Kier molecular flexibility index (Phi) is 6.29. The summed E-state index contributed by atoms with van der Waals surface area (Å²) in [5.74, 6) is -0.682. The Morgan fingerprint density at radius 3 is 2.46 bits per heavy atom. The zero-order valence-electron chi connectivity index (χ0n) is 14.0. The molecule has 0 spiro atoms. The molecule has 0 saturated carbocycles. The van der Waals surface area contributed by atoms with Gasteiger partial charge in [0.05, 0.1) is 30.6 Å². The van der Waals surface area contributed by atoms with Gasteiger partial charge >= 0.3 is 0 Å². The number of nitrogens with zero attached hydrogens (tertiary/aromatic N) is 3. The Hall–Kier alpha value is -1.10. The first kappa shape index (κ1) is 19.2. The molecule has 0 aromatic carbocycles. The van der Waals surface area contributed by atoms with Gasteiger partial charge in [0, 0.05) is 18.7 Å². The average Bonchev–Trinajstić information content (AvgIpc) is 2.96. The zero-order chi connectivity index (χ0) is 17.9. The van der Waals surface area contributed by atoms with Crippen LogP contribution < -0.4 is 0 Å². The lowest BCUT2D eigenvalue weighted by Crippen LogP contribution is -2.45. The molecule has 5 atom stereocenters. The summed E-state index contributed by atoms with van der Waals surface area (Å²) in [6, 6.07) is -0.920. The molecule has 1 aliphatic heterocycles. The predicted molar refractivity (Wildman–Crippen MR) is 83.1 cm³/mol. The normalized spacial score (nSPS) is 33.4. The van der Waals surface area contributed by atoms with Crippen molar-refractivity contribution >= 4 is 0 Å². The molecule has 138 valence electrons. The van der Waals surface area contributed by atoms with E-state index in [2.05, 4.69) is 10.3 Å². The first-order valence-corrected chi connectivity index (χ1v) is 8.13. The van der Waals surface area contributed by atoms with Gasteiger partial charge in [0.15, 0.2) is 0 Å². The monoisotopic (exact) mass is 345 g/mol. The quantitative estimate of drug-likeness (QED) is 0.408. The number of aryl methyl sites for hydroxylation is 1. The summed E-state index contributed by atoms with van der Waals surface area (Å²) >= 11 is 0. The van der Waals surface area contributed by atoms with Crippen LogP contribution in [0.25, 0.3) is 0 Å². The van der Waals surface area contributed by atoms with E-state index in [0.29, 0.717) is 18.5 Å². The van der Waals surface area contributed by atoms with Gasteiger partial charge in [0.1, 0.15) is 18.2 Å². The molecule has 0 bridgehead atoms. The summed E-state index contributed by atoms with van der Waals surface area (Å²) in [6.07, 6.45) is -0.667. The van der Waals surface area contributed by atoms with Gasteiger partial charge in [0.25, 0.3) is 0 Å². The van der Waals surface area contributed by atoms with E-state index in [4.69, 9.17) is 9.84 Å². The summed E-state index contributed by atoms with van der Waals surface area (Å²) < 4.78 is 7.09. The van der Waals surface area contributed by atoms with Crippen LogP contribution in [0.5, 0.6) is 0 Å². The minimum absolute atomic E-state index is 0.0305. The molecular weight excluding hydrogens is 318 g/mol. The van der Waals surface area contributed by atoms with Crippen LogP contribution >= 0.6 is 0 Å². The van der Waals surface area contributed by atoms with Crippen LogP contribution in [0.3, 0.4) is 0 Å². The topological polar surface area (TPSA) is 141 Å². The largest absolute Gasteiger partial charge is 0.396 e. The van der Waals surface area contributed by atoms with Gasteiger partial charge in [-0.3, -0.25) is 0 Å². The maximum atomic E-state index is 10.8. The van der Waals surface area contributed by atoms with E-state index in [1.165, 1.54) is 4.68 Å². The lowest BCUT2D eigenvalue weighted by atomic mass is 9.83. The van der Waals surface area contributed by atoms with Gasteiger partial charge in [-0.15, -0.1) is 5.10 Å². The zero-order valence-corrected chi connectivity index (χ0v) is 14.0. The highest BCUT2D eigenvalue weighted by Gasteiger charge is 2.50. The lowest BCUT2D eigenvalue weighted by Gasteiger charge is -2.35. The number of aromatic nitrogens is 3. The Bertz CT molecular complexity index is 523. The number of ether oxygens (including phenoxy) is 1. The Morgan fingerprint density at radius 2 is 1.88 bits per heavy atom. The fourth-order valence-corrected chi connectivity index (χ4v) is 3.24. The third-order valence-corrected chi connectivity index (χ3v) is 4.67. The number of aliphatic hydroxyl groups is 5. The van der Waals surface area contributed by atoms with E-state index in [1.807, 2.05) is 0 Å². The first-order chi connectivity index (χ1) is 11.4. The number of hydrogen-bond acceptors (Lipinski definition) is 8. The van der Waals surface area contributed by atoms with Crippen molar-refractivity contribution < 1.29 is 30.3 Å². The molecule has 1 aromatic heterocycles. The maximum Gasteiger partial charge on any atom is 0.109 e. The highest BCUT2D eigenvalue weighted by molar-refractivity contribution is 5.02. The number of aliphatic hydroxyl groups excluding tert-OH is 5. The maximum absolute atomic E-state index is 10.8. The van der Waals surface area contributed by atoms with E-state index in [0.717, 1.165) is 0 Å². The Morgan fingerprint density at radius 1 is 1.17 bits per heavy atom. The number of rotatable bonds is 6. The van der Waals surface area contributed by atoms with Crippen LogP contribution in [0.15, 0.2) is 6.20 Å². The van der Waals surface area contributed by atoms with E-state index in [-0.39, 0.29) is 13.2 Å². The van der Waals surface area contributed by atoms with E-state index in [1.54, 1.807) is 20.0 Å². The minimum atomic E-state index is -1.23. The van der Waals surface area contributed by atoms with Gasteiger partial charge in [-0.2, -0.15) is 0 Å². The predicted octanol–water partition coefficient (Wildman–Crippen LogP) is -1.76. The average molecular weight is 345 g/mol. The second kappa shape index (κ2) is 7.85. The van der Waals surface area contributed by atoms with Crippen LogP contribution in [0.4, 0.5) is 0 Å². The SMILES string of the molecule is CC1(C)O[C@H](CO)[C@@H](O)[C@H](n2cc(CCCO)nn2)[C@@H](O)[C@@H]1CO. The minimum Gasteiger partial charge on any atom is -0.396 e. The summed E-state index contributed by atoms with van der Waals surface area (Å²) in [5.41, 5.74) is -0.327. The van der Waals surface area contributed by atoms with Crippen molar-refractivity contribution in [3.8, 4) is 0 Å². The molecule has 2 rings (SSSR count). The smallest absolute Gasteiger partial charge is 0.109 e. The second-order valence-electron chi connectivity index (χ2n) is 6.72. The van der Waals surface area contributed by atoms with Crippen molar-refractivity contribution in [3.63, 3.8) is 0 Å². The molecule has 1 aromatic rings. The van der Waals surface area contributed by atoms with Crippen molar-refractivity contribution in [3.05, 3.63) is 11.9 Å². The molecule has 0 unspecified atom stereocenters. The fraction of sp³-hybridized carbons (Fsp3) is 0.867. The highest BCUT2D eigenvalue weighted by Crippen LogP contribution is 2.37. The third kappa shape index (κ3) is 3.76. The van der Waals surface area contributed by atoms with E-state index >= 15 is 0 Å². The van der Waals surface area contributed by atoms with Gasteiger partial charge in [-0.05, 0) is 26.7 Å². The van der Waals surface area contributed by atoms with Gasteiger partial charge in [-0.25, -0.2) is 4.68 Å². The molecule has 0 amide bonds. The summed E-state index contributed by atoms with van der Waals surface area (Å²) in [4.78, 5) is 0. The Balaban J connectivity index is 2.35. The molecule has 1 fully saturated rings. The standard InChI is InChI=1S/C15H27N3O6/c1-15(2)10(7-20)13(22)12(14(23)11(8-21)24-15)18-6-9(16-17-18)4-3-5-19/h6,10-14,19-23H,3-5,7-8H2,1-2H3/t10-,11+,12+,13-,14+/m0/s1. The van der Waals surface area contributed by atoms with Crippen molar-refractivity contribution in [2.45, 2.75) is 56.6 Å². The molecule has 1 saturated heterocycles.